The molecule has 0 aliphatic heterocycles. The number of benzene rings is 3. The maximum Gasteiger partial charge on any atom is 0.240 e. The maximum atomic E-state index is 12.3. The van der Waals surface area contributed by atoms with Crippen LogP contribution in [0.4, 0.5) is 5.69 Å². The number of nitrogens with two attached hydrogens (primary N) is 1. The zero-order valence-electron chi connectivity index (χ0n) is 16.0. The van der Waals surface area contributed by atoms with Crippen molar-refractivity contribution in [3.05, 3.63) is 83.4 Å². The molecule has 0 saturated carbocycles. The van der Waals surface area contributed by atoms with Crippen molar-refractivity contribution < 1.29 is 13.2 Å². The number of rotatable bonds is 7. The second kappa shape index (κ2) is 8.46. The molecule has 0 unspecified atom stereocenters. The molecule has 3 aromatic rings. The topological polar surface area (TPSA) is 81.4 Å². The van der Waals surface area contributed by atoms with Crippen LogP contribution in [0.2, 0.25) is 0 Å². The number of aryl methyl sites for hydroxylation is 2. The molecule has 3 rings (SSSR count). The smallest absolute Gasteiger partial charge is 0.240 e. The Morgan fingerprint density at radius 3 is 2.29 bits per heavy atom. The summed E-state index contributed by atoms with van der Waals surface area (Å²) < 4.78 is 33.1. The van der Waals surface area contributed by atoms with Gasteiger partial charge in [0.2, 0.25) is 10.0 Å². The number of anilines is 1. The van der Waals surface area contributed by atoms with Crippen LogP contribution in [0.1, 0.15) is 16.7 Å². The van der Waals surface area contributed by atoms with E-state index in [9.17, 15) is 8.42 Å². The molecule has 0 heterocycles. The number of hydrogen-bond acceptors (Lipinski definition) is 4. The monoisotopic (exact) mass is 396 g/mol. The van der Waals surface area contributed by atoms with Crippen molar-refractivity contribution in [1.29, 1.82) is 0 Å². The second-order valence-electron chi connectivity index (χ2n) is 6.73. The molecule has 6 heteroatoms. The fraction of sp³-hybridized carbons (Fsp3) is 0.182. The van der Waals surface area contributed by atoms with E-state index < -0.39 is 10.0 Å². The third-order valence-electron chi connectivity index (χ3n) is 4.39. The summed E-state index contributed by atoms with van der Waals surface area (Å²) in [7, 11) is -3.54. The lowest BCUT2D eigenvalue weighted by molar-refractivity contribution is 0.478. The fourth-order valence-electron chi connectivity index (χ4n) is 2.73. The second-order valence-corrected chi connectivity index (χ2v) is 8.50. The number of hydrogen-bond donors (Lipinski definition) is 2. The van der Waals surface area contributed by atoms with Crippen LogP contribution in [-0.4, -0.2) is 15.0 Å². The molecule has 3 aromatic carbocycles. The van der Waals surface area contributed by atoms with E-state index in [1.807, 2.05) is 50.2 Å². The van der Waals surface area contributed by atoms with E-state index in [1.54, 1.807) is 12.1 Å². The van der Waals surface area contributed by atoms with Gasteiger partial charge in [0.25, 0.3) is 0 Å². The number of ether oxygens (including phenoxy) is 1. The molecule has 0 radical (unpaired) electrons. The summed E-state index contributed by atoms with van der Waals surface area (Å²) in [6.45, 7) is 4.35. The van der Waals surface area contributed by atoms with Crippen molar-refractivity contribution in [2.24, 2.45) is 0 Å². The first-order valence-electron chi connectivity index (χ1n) is 9.03. The largest absolute Gasteiger partial charge is 0.457 e. The molecule has 0 saturated heterocycles. The first-order valence-corrected chi connectivity index (χ1v) is 10.5. The lowest BCUT2D eigenvalue weighted by atomic mass is 10.1. The Balaban J connectivity index is 1.57. The van der Waals surface area contributed by atoms with Crippen molar-refractivity contribution in [1.82, 2.24) is 4.72 Å². The quantitative estimate of drug-likeness (QED) is 0.587. The van der Waals surface area contributed by atoms with Crippen molar-refractivity contribution in [3.8, 4) is 11.5 Å². The van der Waals surface area contributed by atoms with E-state index in [1.165, 1.54) is 12.1 Å². The SMILES string of the molecule is Cc1ccc(C)c(Oc2ccc(CCNS(=O)(=O)c3ccc(N)cc3)cc2)c1. The predicted octanol–water partition coefficient (Wildman–Crippen LogP) is 4.20. The average molecular weight is 397 g/mol. The Morgan fingerprint density at radius 2 is 1.61 bits per heavy atom. The Labute approximate surface area is 166 Å². The average Bonchev–Trinajstić information content (AvgIpc) is 2.66. The zero-order valence-corrected chi connectivity index (χ0v) is 16.8. The summed E-state index contributed by atoms with van der Waals surface area (Å²) in [5.41, 5.74) is 9.37. The van der Waals surface area contributed by atoms with Gasteiger partial charge in [0.05, 0.1) is 4.90 Å². The van der Waals surface area contributed by atoms with Crippen LogP contribution in [0, 0.1) is 13.8 Å². The van der Waals surface area contributed by atoms with E-state index in [0.717, 1.165) is 28.2 Å². The first-order chi connectivity index (χ1) is 13.3. The molecule has 0 spiro atoms. The Bertz CT molecular complexity index is 1040. The molecule has 5 nitrogen and oxygen atoms in total. The van der Waals surface area contributed by atoms with Gasteiger partial charge in [-0.05, 0) is 79.4 Å². The lowest BCUT2D eigenvalue weighted by Gasteiger charge is -2.11. The van der Waals surface area contributed by atoms with E-state index in [-0.39, 0.29) is 4.90 Å². The fourth-order valence-corrected chi connectivity index (χ4v) is 3.76. The number of sulfonamides is 1. The van der Waals surface area contributed by atoms with Gasteiger partial charge in [-0.25, -0.2) is 13.1 Å². The van der Waals surface area contributed by atoms with Gasteiger partial charge in [-0.1, -0.05) is 24.3 Å². The zero-order chi connectivity index (χ0) is 20.1. The maximum absolute atomic E-state index is 12.3. The third kappa shape index (κ3) is 5.12. The first kappa shape index (κ1) is 19.9. The van der Waals surface area contributed by atoms with E-state index >= 15 is 0 Å². The van der Waals surface area contributed by atoms with Crippen molar-refractivity contribution in [3.63, 3.8) is 0 Å². The molecule has 0 atom stereocenters. The number of nitrogen functional groups attached to an aromatic ring is 1. The van der Waals surface area contributed by atoms with E-state index in [0.29, 0.717) is 18.7 Å². The van der Waals surface area contributed by atoms with Crippen LogP contribution in [0.25, 0.3) is 0 Å². The van der Waals surface area contributed by atoms with Crippen LogP contribution in [0.5, 0.6) is 11.5 Å². The van der Waals surface area contributed by atoms with Crippen LogP contribution in [0.3, 0.4) is 0 Å². The summed E-state index contributed by atoms with van der Waals surface area (Å²) in [4.78, 5) is 0.207. The van der Waals surface area contributed by atoms with Crippen LogP contribution in [0.15, 0.2) is 71.6 Å². The molecule has 28 heavy (non-hydrogen) atoms. The highest BCUT2D eigenvalue weighted by Crippen LogP contribution is 2.26. The van der Waals surface area contributed by atoms with Crippen LogP contribution in [-0.2, 0) is 16.4 Å². The Hall–Kier alpha value is -2.83. The highest BCUT2D eigenvalue weighted by Gasteiger charge is 2.12. The molecular formula is C22H24N2O3S. The molecule has 0 amide bonds. The number of nitrogens with one attached hydrogen (secondary N) is 1. The van der Waals surface area contributed by atoms with Gasteiger partial charge in [-0.2, -0.15) is 0 Å². The summed E-state index contributed by atoms with van der Waals surface area (Å²) in [6, 6.07) is 19.9. The van der Waals surface area contributed by atoms with Crippen LogP contribution < -0.4 is 15.2 Å². The molecule has 0 aliphatic carbocycles. The van der Waals surface area contributed by atoms with Crippen molar-refractivity contribution in [2.45, 2.75) is 25.2 Å². The summed E-state index contributed by atoms with van der Waals surface area (Å²) >= 11 is 0. The Morgan fingerprint density at radius 1 is 0.929 bits per heavy atom. The minimum Gasteiger partial charge on any atom is -0.457 e. The molecular weight excluding hydrogens is 372 g/mol. The Kier molecular flexibility index (Phi) is 6.02. The molecule has 0 aromatic heterocycles. The van der Waals surface area contributed by atoms with Gasteiger partial charge in [0.1, 0.15) is 11.5 Å². The molecule has 0 aliphatic rings. The van der Waals surface area contributed by atoms with Gasteiger partial charge in [-0.15, -0.1) is 0 Å². The normalized spacial score (nSPS) is 11.4. The van der Waals surface area contributed by atoms with Crippen molar-refractivity contribution in [2.75, 3.05) is 12.3 Å². The van der Waals surface area contributed by atoms with E-state index in [2.05, 4.69) is 10.8 Å². The molecule has 0 fully saturated rings. The van der Waals surface area contributed by atoms with Gasteiger partial charge in [0.15, 0.2) is 0 Å². The van der Waals surface area contributed by atoms with E-state index in [4.69, 9.17) is 10.5 Å². The molecule has 146 valence electrons. The van der Waals surface area contributed by atoms with Crippen LogP contribution >= 0.6 is 0 Å². The summed E-state index contributed by atoms with van der Waals surface area (Å²) in [5, 5.41) is 0. The van der Waals surface area contributed by atoms with Gasteiger partial charge in [0, 0.05) is 12.2 Å². The minimum absolute atomic E-state index is 0.207. The lowest BCUT2D eigenvalue weighted by Crippen LogP contribution is -2.25. The molecule has 0 bridgehead atoms. The predicted molar refractivity (Wildman–Crippen MR) is 112 cm³/mol. The summed E-state index contributed by atoms with van der Waals surface area (Å²) in [6.07, 6.45) is 0.581. The van der Waals surface area contributed by atoms with Crippen molar-refractivity contribution >= 4 is 15.7 Å². The third-order valence-corrected chi connectivity index (χ3v) is 5.87. The van der Waals surface area contributed by atoms with Gasteiger partial charge in [-0.3, -0.25) is 0 Å². The minimum atomic E-state index is -3.54. The highest BCUT2D eigenvalue weighted by molar-refractivity contribution is 7.89. The highest BCUT2D eigenvalue weighted by atomic mass is 32.2. The van der Waals surface area contributed by atoms with Gasteiger partial charge >= 0.3 is 0 Å². The molecule has 3 N–H and O–H groups in total. The summed E-state index contributed by atoms with van der Waals surface area (Å²) in [5.74, 6) is 1.59. The van der Waals surface area contributed by atoms with Gasteiger partial charge < -0.3 is 10.5 Å². The standard InChI is InChI=1S/C22H24N2O3S/c1-16-3-4-17(2)22(15-16)27-20-9-5-18(6-10-20)13-14-24-28(25,26)21-11-7-19(23)8-12-21/h3-12,15,24H,13-14,23H2,1-2H3.